The summed E-state index contributed by atoms with van der Waals surface area (Å²) in [6, 6.07) is 0. The highest BCUT2D eigenvalue weighted by Crippen LogP contribution is 2.30. The molecule has 2 N–H and O–H groups in total. The second-order valence-electron chi connectivity index (χ2n) is 4.48. The van der Waals surface area contributed by atoms with E-state index in [9.17, 15) is 13.5 Å². The SMILES string of the molecule is Cc1oc(C)c(S(=O)(=O)NCC2CC2)c1CO. The predicted octanol–water partition coefficient (Wildman–Crippen LogP) is 1.08. The molecule has 1 saturated carbocycles. The maximum absolute atomic E-state index is 12.1. The summed E-state index contributed by atoms with van der Waals surface area (Å²) in [6.45, 7) is 3.38. The molecule has 1 aliphatic carbocycles. The van der Waals surface area contributed by atoms with Crippen molar-refractivity contribution >= 4 is 10.0 Å². The van der Waals surface area contributed by atoms with E-state index < -0.39 is 10.0 Å². The summed E-state index contributed by atoms with van der Waals surface area (Å²) >= 11 is 0. The lowest BCUT2D eigenvalue weighted by atomic mass is 10.2. The zero-order valence-corrected chi connectivity index (χ0v) is 10.8. The molecule has 1 aliphatic rings. The third-order valence-electron chi connectivity index (χ3n) is 3.01. The van der Waals surface area contributed by atoms with E-state index in [4.69, 9.17) is 4.42 Å². The minimum absolute atomic E-state index is 0.0955. The van der Waals surface area contributed by atoms with Crippen LogP contribution in [0.25, 0.3) is 0 Å². The summed E-state index contributed by atoms with van der Waals surface area (Å²) in [7, 11) is -3.57. The summed E-state index contributed by atoms with van der Waals surface area (Å²) < 4.78 is 32.0. The van der Waals surface area contributed by atoms with Crippen molar-refractivity contribution in [3.05, 3.63) is 17.1 Å². The molecule has 96 valence electrons. The van der Waals surface area contributed by atoms with Gasteiger partial charge in [-0.1, -0.05) is 0 Å². The van der Waals surface area contributed by atoms with Crippen molar-refractivity contribution in [2.45, 2.75) is 38.2 Å². The molecule has 1 fully saturated rings. The lowest BCUT2D eigenvalue weighted by molar-refractivity contribution is 0.276. The van der Waals surface area contributed by atoms with Crippen LogP contribution in [0.3, 0.4) is 0 Å². The predicted molar refractivity (Wildman–Crippen MR) is 62.0 cm³/mol. The zero-order chi connectivity index (χ0) is 12.6. The Morgan fingerprint density at radius 1 is 1.35 bits per heavy atom. The molecule has 6 heteroatoms. The fourth-order valence-corrected chi connectivity index (χ4v) is 3.42. The Morgan fingerprint density at radius 2 is 2.00 bits per heavy atom. The highest BCUT2D eigenvalue weighted by atomic mass is 32.2. The van der Waals surface area contributed by atoms with Gasteiger partial charge in [-0.25, -0.2) is 13.1 Å². The number of rotatable bonds is 5. The van der Waals surface area contributed by atoms with Gasteiger partial charge in [0.05, 0.1) is 6.61 Å². The Morgan fingerprint density at radius 3 is 2.53 bits per heavy atom. The fraction of sp³-hybridized carbons (Fsp3) is 0.636. The van der Waals surface area contributed by atoms with Crippen molar-refractivity contribution in [2.24, 2.45) is 5.92 Å². The molecule has 0 amide bonds. The van der Waals surface area contributed by atoms with E-state index in [-0.39, 0.29) is 11.5 Å². The number of nitrogens with one attached hydrogen (secondary N) is 1. The molecular formula is C11H17NO4S. The maximum Gasteiger partial charge on any atom is 0.244 e. The number of hydrogen-bond acceptors (Lipinski definition) is 4. The van der Waals surface area contributed by atoms with E-state index >= 15 is 0 Å². The van der Waals surface area contributed by atoms with Crippen LogP contribution >= 0.6 is 0 Å². The van der Waals surface area contributed by atoms with Crippen LogP contribution in [0.4, 0.5) is 0 Å². The van der Waals surface area contributed by atoms with E-state index in [0.717, 1.165) is 12.8 Å². The van der Waals surface area contributed by atoms with Crippen molar-refractivity contribution in [3.8, 4) is 0 Å². The Labute approximate surface area is 101 Å². The third-order valence-corrected chi connectivity index (χ3v) is 4.63. The van der Waals surface area contributed by atoms with Crippen molar-refractivity contribution in [3.63, 3.8) is 0 Å². The summed E-state index contributed by atoms with van der Waals surface area (Å²) in [5, 5.41) is 9.21. The first-order valence-electron chi connectivity index (χ1n) is 5.65. The minimum Gasteiger partial charge on any atom is -0.465 e. The molecule has 1 aromatic heterocycles. The number of furan rings is 1. The number of sulfonamides is 1. The van der Waals surface area contributed by atoms with Crippen molar-refractivity contribution < 1.29 is 17.9 Å². The molecular weight excluding hydrogens is 242 g/mol. The first-order chi connectivity index (χ1) is 7.95. The van der Waals surface area contributed by atoms with Crippen LogP contribution in [0.1, 0.15) is 29.9 Å². The van der Waals surface area contributed by atoms with Crippen LogP contribution in [0.2, 0.25) is 0 Å². The van der Waals surface area contributed by atoms with Gasteiger partial charge < -0.3 is 9.52 Å². The standard InChI is InChI=1S/C11H17NO4S/c1-7-10(6-13)11(8(2)16-7)17(14,15)12-5-9-3-4-9/h9,12-13H,3-6H2,1-2H3. The second-order valence-corrected chi connectivity index (χ2v) is 6.18. The molecule has 0 saturated heterocycles. The van der Waals surface area contributed by atoms with Gasteiger partial charge in [0.2, 0.25) is 10.0 Å². The third kappa shape index (κ3) is 2.53. The normalized spacial score (nSPS) is 16.4. The van der Waals surface area contributed by atoms with Crippen molar-refractivity contribution in [2.75, 3.05) is 6.54 Å². The van der Waals surface area contributed by atoms with E-state index in [1.165, 1.54) is 0 Å². The molecule has 0 spiro atoms. The molecule has 0 unspecified atom stereocenters. The summed E-state index contributed by atoms with van der Waals surface area (Å²) in [4.78, 5) is 0.0955. The van der Waals surface area contributed by atoms with Gasteiger partial charge in [-0.3, -0.25) is 0 Å². The molecule has 0 atom stereocenters. The molecule has 1 heterocycles. The van der Waals surface area contributed by atoms with E-state index in [0.29, 0.717) is 29.5 Å². The van der Waals surface area contributed by atoms with Crippen LogP contribution in [0.5, 0.6) is 0 Å². The lowest BCUT2D eigenvalue weighted by Crippen LogP contribution is -2.27. The molecule has 0 aromatic carbocycles. The van der Waals surface area contributed by atoms with Gasteiger partial charge in [-0.15, -0.1) is 0 Å². The molecule has 0 bridgehead atoms. The van der Waals surface area contributed by atoms with E-state index in [2.05, 4.69) is 4.72 Å². The summed E-state index contributed by atoms with van der Waals surface area (Å²) in [5.41, 5.74) is 0.353. The molecule has 1 aromatic rings. The van der Waals surface area contributed by atoms with Crippen LogP contribution in [-0.4, -0.2) is 20.1 Å². The van der Waals surface area contributed by atoms with Crippen LogP contribution in [0, 0.1) is 19.8 Å². The van der Waals surface area contributed by atoms with Gasteiger partial charge >= 0.3 is 0 Å². The highest BCUT2D eigenvalue weighted by molar-refractivity contribution is 7.89. The molecule has 2 rings (SSSR count). The van der Waals surface area contributed by atoms with Gasteiger partial charge in [0, 0.05) is 12.1 Å². The van der Waals surface area contributed by atoms with Gasteiger partial charge in [0.1, 0.15) is 16.4 Å². The van der Waals surface area contributed by atoms with Crippen molar-refractivity contribution in [1.82, 2.24) is 4.72 Å². The Hall–Kier alpha value is -0.850. The van der Waals surface area contributed by atoms with E-state index in [1.54, 1.807) is 13.8 Å². The zero-order valence-electron chi connectivity index (χ0n) is 9.99. The number of aliphatic hydroxyl groups excluding tert-OH is 1. The molecule has 5 nitrogen and oxygen atoms in total. The highest BCUT2D eigenvalue weighted by Gasteiger charge is 2.29. The van der Waals surface area contributed by atoms with Gasteiger partial charge in [-0.2, -0.15) is 0 Å². The van der Waals surface area contributed by atoms with Gasteiger partial charge in [0.15, 0.2) is 0 Å². The maximum atomic E-state index is 12.1. The second kappa shape index (κ2) is 4.44. The average molecular weight is 259 g/mol. The Bertz CT molecular complexity index is 514. The van der Waals surface area contributed by atoms with E-state index in [1.807, 2.05) is 0 Å². The monoisotopic (exact) mass is 259 g/mol. The first kappa shape index (κ1) is 12.6. The molecule has 0 aliphatic heterocycles. The Kier molecular flexibility index (Phi) is 3.29. The summed E-state index contributed by atoms with van der Waals surface area (Å²) in [5.74, 6) is 1.25. The smallest absolute Gasteiger partial charge is 0.244 e. The van der Waals surface area contributed by atoms with Crippen LogP contribution in [-0.2, 0) is 16.6 Å². The van der Waals surface area contributed by atoms with Crippen LogP contribution in [0.15, 0.2) is 9.31 Å². The first-order valence-corrected chi connectivity index (χ1v) is 7.13. The average Bonchev–Trinajstić information content (AvgIpc) is 3.01. The fourth-order valence-electron chi connectivity index (χ4n) is 1.87. The topological polar surface area (TPSA) is 79.5 Å². The minimum atomic E-state index is -3.57. The molecule has 17 heavy (non-hydrogen) atoms. The largest absolute Gasteiger partial charge is 0.465 e. The van der Waals surface area contributed by atoms with Crippen LogP contribution < -0.4 is 4.72 Å². The number of aryl methyl sites for hydroxylation is 2. The van der Waals surface area contributed by atoms with Gasteiger partial charge in [-0.05, 0) is 32.6 Å². The number of aliphatic hydroxyl groups is 1. The van der Waals surface area contributed by atoms with Gasteiger partial charge in [0.25, 0.3) is 0 Å². The van der Waals surface area contributed by atoms with Crippen molar-refractivity contribution in [1.29, 1.82) is 0 Å². The summed E-state index contributed by atoms with van der Waals surface area (Å²) in [6.07, 6.45) is 2.16. The molecule has 0 radical (unpaired) electrons. The lowest BCUT2D eigenvalue weighted by Gasteiger charge is -2.06. The Balaban J connectivity index is 2.30. The quantitative estimate of drug-likeness (QED) is 0.829. The number of hydrogen-bond donors (Lipinski definition) is 2.